The van der Waals surface area contributed by atoms with E-state index in [9.17, 15) is 4.79 Å². The summed E-state index contributed by atoms with van der Waals surface area (Å²) in [6, 6.07) is 7.13. The maximum absolute atomic E-state index is 12.1. The molecule has 1 heterocycles. The molecule has 6 heteroatoms. The van der Waals surface area contributed by atoms with Crippen molar-refractivity contribution in [3.8, 4) is 0 Å². The van der Waals surface area contributed by atoms with E-state index in [-0.39, 0.29) is 5.91 Å². The fourth-order valence-electron chi connectivity index (χ4n) is 1.72. The number of hydrogen-bond acceptors (Lipinski definition) is 4. The van der Waals surface area contributed by atoms with E-state index in [1.165, 1.54) is 6.20 Å². The number of carbonyl (C=O) groups excluding carboxylic acids is 1. The van der Waals surface area contributed by atoms with Crippen LogP contribution in [0.1, 0.15) is 23.0 Å². The number of oxime groups is 1. The molecule has 0 aliphatic carbocycles. The van der Waals surface area contributed by atoms with Crippen molar-refractivity contribution in [2.24, 2.45) is 12.2 Å². The Hall–Kier alpha value is -2.63. The number of aromatic nitrogens is 2. The van der Waals surface area contributed by atoms with Gasteiger partial charge >= 0.3 is 0 Å². The smallest absolute Gasteiger partial charge is 0.273 e. The molecule has 2 aromatic rings. The highest BCUT2D eigenvalue weighted by atomic mass is 16.4. The number of imidazole rings is 1. The summed E-state index contributed by atoms with van der Waals surface area (Å²) in [5.41, 5.74) is 2.14. The number of benzene rings is 1. The summed E-state index contributed by atoms with van der Waals surface area (Å²) in [5, 5.41) is 14.8. The van der Waals surface area contributed by atoms with E-state index in [1.54, 1.807) is 43.1 Å². The molecule has 6 nitrogen and oxygen atoms in total. The average Bonchev–Trinajstić information content (AvgIpc) is 2.85. The molecular weight excluding hydrogens is 244 g/mol. The lowest BCUT2D eigenvalue weighted by Crippen LogP contribution is -2.17. The lowest BCUT2D eigenvalue weighted by atomic mass is 10.1. The predicted molar refractivity (Wildman–Crippen MR) is 71.6 cm³/mol. The predicted octanol–water partition coefficient (Wildman–Crippen LogP) is 1.87. The maximum Gasteiger partial charge on any atom is 0.273 e. The Balaban J connectivity index is 2.30. The highest BCUT2D eigenvalue weighted by Crippen LogP contribution is 2.17. The van der Waals surface area contributed by atoms with E-state index in [0.29, 0.717) is 22.7 Å². The van der Waals surface area contributed by atoms with Crippen LogP contribution in [0.3, 0.4) is 0 Å². The minimum Gasteiger partial charge on any atom is -0.411 e. The minimum absolute atomic E-state index is 0.266. The van der Waals surface area contributed by atoms with Crippen LogP contribution in [0.5, 0.6) is 0 Å². The molecule has 1 aromatic carbocycles. The number of amides is 1. The van der Waals surface area contributed by atoms with Crippen LogP contribution < -0.4 is 5.32 Å². The SMILES string of the molecule is C/C(=N/O)c1ccccc1NC(=O)c1cncn1C. The topological polar surface area (TPSA) is 79.5 Å². The zero-order valence-corrected chi connectivity index (χ0v) is 10.7. The molecule has 0 fully saturated rings. The van der Waals surface area contributed by atoms with Crippen LogP contribution in [0.2, 0.25) is 0 Å². The summed E-state index contributed by atoms with van der Waals surface area (Å²) in [4.78, 5) is 16.0. The number of carbonyl (C=O) groups is 1. The van der Waals surface area contributed by atoms with Gasteiger partial charge in [-0.25, -0.2) is 4.98 Å². The highest BCUT2D eigenvalue weighted by molar-refractivity contribution is 6.09. The zero-order chi connectivity index (χ0) is 13.8. The van der Waals surface area contributed by atoms with Gasteiger partial charge in [-0.2, -0.15) is 0 Å². The van der Waals surface area contributed by atoms with Crippen molar-refractivity contribution in [1.82, 2.24) is 9.55 Å². The van der Waals surface area contributed by atoms with Gasteiger partial charge < -0.3 is 15.1 Å². The van der Waals surface area contributed by atoms with Gasteiger partial charge in [0, 0.05) is 12.6 Å². The molecule has 0 aliphatic heterocycles. The Labute approximate surface area is 110 Å². The highest BCUT2D eigenvalue weighted by Gasteiger charge is 2.13. The number of aryl methyl sites for hydroxylation is 1. The fraction of sp³-hybridized carbons (Fsp3) is 0.154. The Morgan fingerprint density at radius 3 is 2.79 bits per heavy atom. The van der Waals surface area contributed by atoms with Crippen molar-refractivity contribution in [2.45, 2.75) is 6.92 Å². The van der Waals surface area contributed by atoms with Crippen LogP contribution >= 0.6 is 0 Å². The van der Waals surface area contributed by atoms with E-state index >= 15 is 0 Å². The molecule has 0 saturated carbocycles. The van der Waals surface area contributed by atoms with Gasteiger partial charge in [-0.05, 0) is 13.0 Å². The van der Waals surface area contributed by atoms with Crippen molar-refractivity contribution in [3.05, 3.63) is 48.0 Å². The normalized spacial score (nSPS) is 11.4. The molecule has 0 aliphatic rings. The number of nitrogens with zero attached hydrogens (tertiary/aromatic N) is 3. The summed E-state index contributed by atoms with van der Waals surface area (Å²) in [7, 11) is 1.74. The lowest BCUT2D eigenvalue weighted by molar-refractivity contribution is 0.101. The number of anilines is 1. The second-order valence-electron chi connectivity index (χ2n) is 4.07. The molecule has 98 valence electrons. The third-order valence-electron chi connectivity index (χ3n) is 2.76. The van der Waals surface area contributed by atoms with Crippen LogP contribution in [-0.4, -0.2) is 26.4 Å². The molecule has 0 unspecified atom stereocenters. The van der Waals surface area contributed by atoms with Gasteiger partial charge in [0.1, 0.15) is 5.69 Å². The summed E-state index contributed by atoms with van der Waals surface area (Å²) in [5.74, 6) is -0.266. The summed E-state index contributed by atoms with van der Waals surface area (Å²) < 4.78 is 1.63. The van der Waals surface area contributed by atoms with Gasteiger partial charge in [0.2, 0.25) is 0 Å². The van der Waals surface area contributed by atoms with E-state index in [4.69, 9.17) is 5.21 Å². The quantitative estimate of drug-likeness (QED) is 0.501. The first-order valence-corrected chi connectivity index (χ1v) is 5.69. The van der Waals surface area contributed by atoms with Gasteiger partial charge in [0.15, 0.2) is 0 Å². The molecule has 1 amide bonds. The number of para-hydroxylation sites is 1. The average molecular weight is 258 g/mol. The minimum atomic E-state index is -0.266. The van der Waals surface area contributed by atoms with E-state index in [2.05, 4.69) is 15.5 Å². The number of rotatable bonds is 3. The third-order valence-corrected chi connectivity index (χ3v) is 2.76. The number of nitrogens with one attached hydrogen (secondary N) is 1. The molecule has 19 heavy (non-hydrogen) atoms. The first kappa shape index (κ1) is 12.8. The van der Waals surface area contributed by atoms with E-state index in [1.807, 2.05) is 6.07 Å². The summed E-state index contributed by atoms with van der Waals surface area (Å²) >= 11 is 0. The van der Waals surface area contributed by atoms with E-state index in [0.717, 1.165) is 0 Å². The third kappa shape index (κ3) is 2.62. The molecule has 0 atom stereocenters. The van der Waals surface area contributed by atoms with Gasteiger partial charge in [-0.15, -0.1) is 0 Å². The zero-order valence-electron chi connectivity index (χ0n) is 10.7. The molecule has 0 spiro atoms. The van der Waals surface area contributed by atoms with Gasteiger partial charge in [-0.3, -0.25) is 4.79 Å². The van der Waals surface area contributed by atoms with Crippen molar-refractivity contribution in [1.29, 1.82) is 0 Å². The largest absolute Gasteiger partial charge is 0.411 e. The van der Waals surface area contributed by atoms with Crippen LogP contribution in [0, 0.1) is 0 Å². The lowest BCUT2D eigenvalue weighted by Gasteiger charge is -2.10. The first-order chi connectivity index (χ1) is 9.13. The fourth-order valence-corrected chi connectivity index (χ4v) is 1.72. The molecule has 0 radical (unpaired) electrons. The Kier molecular flexibility index (Phi) is 3.61. The summed E-state index contributed by atoms with van der Waals surface area (Å²) in [6.45, 7) is 1.66. The van der Waals surface area contributed by atoms with Gasteiger partial charge in [0.05, 0.1) is 23.9 Å². The first-order valence-electron chi connectivity index (χ1n) is 5.69. The molecular formula is C13H14N4O2. The maximum atomic E-state index is 12.1. The van der Waals surface area contributed by atoms with Crippen molar-refractivity contribution in [3.63, 3.8) is 0 Å². The van der Waals surface area contributed by atoms with Crippen molar-refractivity contribution in [2.75, 3.05) is 5.32 Å². The molecule has 2 N–H and O–H groups in total. The second-order valence-corrected chi connectivity index (χ2v) is 4.07. The van der Waals surface area contributed by atoms with Crippen molar-refractivity contribution >= 4 is 17.3 Å². The van der Waals surface area contributed by atoms with Crippen LogP contribution in [0.25, 0.3) is 0 Å². The van der Waals surface area contributed by atoms with Gasteiger partial charge in [0.25, 0.3) is 5.91 Å². The Morgan fingerprint density at radius 1 is 1.42 bits per heavy atom. The Bertz CT molecular complexity index is 631. The number of hydrogen-bond donors (Lipinski definition) is 2. The van der Waals surface area contributed by atoms with Crippen LogP contribution in [0.4, 0.5) is 5.69 Å². The molecule has 2 rings (SSSR count). The second kappa shape index (κ2) is 5.34. The van der Waals surface area contributed by atoms with Crippen LogP contribution in [0.15, 0.2) is 41.9 Å². The summed E-state index contributed by atoms with van der Waals surface area (Å²) in [6.07, 6.45) is 3.05. The standard InChI is InChI=1S/C13H14N4O2/c1-9(16-19)10-5-3-4-6-11(10)15-13(18)12-7-14-8-17(12)2/h3-8,19H,1-2H3,(H,15,18)/b16-9-. The van der Waals surface area contributed by atoms with E-state index < -0.39 is 0 Å². The van der Waals surface area contributed by atoms with Crippen LogP contribution in [-0.2, 0) is 7.05 Å². The Morgan fingerprint density at radius 2 is 2.16 bits per heavy atom. The van der Waals surface area contributed by atoms with Gasteiger partial charge in [-0.1, -0.05) is 23.4 Å². The van der Waals surface area contributed by atoms with Crippen molar-refractivity contribution < 1.29 is 10.0 Å². The molecule has 1 aromatic heterocycles. The molecule has 0 saturated heterocycles. The monoisotopic (exact) mass is 258 g/mol. The molecule has 0 bridgehead atoms.